The Labute approximate surface area is 106 Å². The van der Waals surface area contributed by atoms with Crippen molar-refractivity contribution in [3.05, 3.63) is 34.2 Å². The van der Waals surface area contributed by atoms with Crippen LogP contribution in [0.5, 0.6) is 0 Å². The second-order valence-corrected chi connectivity index (χ2v) is 4.57. The number of rotatable bonds is 3. The van der Waals surface area contributed by atoms with Gasteiger partial charge in [-0.15, -0.1) is 11.3 Å². The van der Waals surface area contributed by atoms with Gasteiger partial charge in [0.25, 0.3) is 0 Å². The molecule has 0 fully saturated rings. The number of oxime groups is 1. The molecule has 0 aliphatic carbocycles. The SMILES string of the molecule is CON=C(C(=O)O)c1csc2ccc(Cl)cc12. The van der Waals surface area contributed by atoms with Gasteiger partial charge in [-0.1, -0.05) is 16.8 Å². The van der Waals surface area contributed by atoms with Crippen LogP contribution < -0.4 is 0 Å². The number of carbonyl (C=O) groups is 1. The maximum absolute atomic E-state index is 11.1. The Morgan fingerprint density at radius 3 is 2.94 bits per heavy atom. The van der Waals surface area contributed by atoms with E-state index in [4.69, 9.17) is 16.7 Å². The van der Waals surface area contributed by atoms with Gasteiger partial charge in [-0.3, -0.25) is 0 Å². The summed E-state index contributed by atoms with van der Waals surface area (Å²) in [4.78, 5) is 15.6. The van der Waals surface area contributed by atoms with Gasteiger partial charge in [0.2, 0.25) is 0 Å². The Bertz CT molecular complexity index is 606. The molecule has 0 saturated carbocycles. The summed E-state index contributed by atoms with van der Waals surface area (Å²) in [5.74, 6) is -1.13. The van der Waals surface area contributed by atoms with Crippen molar-refractivity contribution >= 4 is 44.7 Å². The van der Waals surface area contributed by atoms with Gasteiger partial charge in [0.05, 0.1) is 0 Å². The largest absolute Gasteiger partial charge is 0.476 e. The molecule has 1 aromatic heterocycles. The number of benzene rings is 1. The van der Waals surface area contributed by atoms with Crippen LogP contribution in [0.1, 0.15) is 5.56 Å². The minimum Gasteiger partial charge on any atom is -0.476 e. The lowest BCUT2D eigenvalue weighted by Crippen LogP contribution is -2.14. The molecule has 0 unspecified atom stereocenters. The number of hydrogen-bond donors (Lipinski definition) is 1. The van der Waals surface area contributed by atoms with Crippen LogP contribution in [0.2, 0.25) is 5.02 Å². The average molecular weight is 270 g/mol. The molecular weight excluding hydrogens is 262 g/mol. The fraction of sp³-hybridized carbons (Fsp3) is 0.0909. The second-order valence-electron chi connectivity index (χ2n) is 3.22. The van der Waals surface area contributed by atoms with Gasteiger partial charge in [0.15, 0.2) is 5.71 Å². The van der Waals surface area contributed by atoms with Gasteiger partial charge in [0, 0.05) is 26.1 Å². The summed E-state index contributed by atoms with van der Waals surface area (Å²) >= 11 is 7.33. The number of aliphatic carboxylic acids is 1. The number of hydrogen-bond acceptors (Lipinski definition) is 4. The first-order chi connectivity index (χ1) is 8.13. The molecule has 0 radical (unpaired) electrons. The Balaban J connectivity index is 2.65. The molecule has 4 nitrogen and oxygen atoms in total. The Morgan fingerprint density at radius 1 is 1.53 bits per heavy atom. The molecule has 2 aromatic rings. The standard InChI is InChI=1S/C11H8ClNO3S/c1-16-13-10(11(14)15)8-5-17-9-3-2-6(12)4-7(8)9/h2-5H,1H3,(H,14,15). The molecule has 0 aliphatic heterocycles. The topological polar surface area (TPSA) is 58.9 Å². The molecule has 0 spiro atoms. The van der Waals surface area contributed by atoms with Crippen LogP contribution in [0.3, 0.4) is 0 Å². The van der Waals surface area contributed by atoms with Crippen molar-refractivity contribution in [3.63, 3.8) is 0 Å². The van der Waals surface area contributed by atoms with Crippen molar-refractivity contribution in [2.24, 2.45) is 5.16 Å². The lowest BCUT2D eigenvalue weighted by molar-refractivity contribution is -0.129. The zero-order valence-corrected chi connectivity index (χ0v) is 10.4. The smallest absolute Gasteiger partial charge is 0.358 e. The molecule has 1 N–H and O–H groups in total. The van der Waals surface area contributed by atoms with Crippen LogP contribution in [0.4, 0.5) is 0 Å². The first kappa shape index (κ1) is 11.9. The average Bonchev–Trinajstić information content (AvgIpc) is 2.68. The first-order valence-electron chi connectivity index (χ1n) is 4.65. The maximum atomic E-state index is 11.1. The summed E-state index contributed by atoms with van der Waals surface area (Å²) in [6.07, 6.45) is 0. The Kier molecular flexibility index (Phi) is 3.31. The van der Waals surface area contributed by atoms with E-state index >= 15 is 0 Å². The van der Waals surface area contributed by atoms with Gasteiger partial charge in [0.1, 0.15) is 7.11 Å². The van der Waals surface area contributed by atoms with Crippen LogP contribution in [0, 0.1) is 0 Å². The fourth-order valence-corrected chi connectivity index (χ4v) is 2.58. The van der Waals surface area contributed by atoms with Crippen LogP contribution in [0.25, 0.3) is 10.1 Å². The maximum Gasteiger partial charge on any atom is 0.358 e. The van der Waals surface area contributed by atoms with Gasteiger partial charge in [-0.2, -0.15) is 0 Å². The number of fused-ring (bicyclic) bond motifs is 1. The third-order valence-electron chi connectivity index (χ3n) is 2.18. The number of nitrogens with zero attached hydrogens (tertiary/aromatic N) is 1. The monoisotopic (exact) mass is 269 g/mol. The van der Waals surface area contributed by atoms with Crippen LogP contribution >= 0.6 is 22.9 Å². The molecule has 0 bridgehead atoms. The van der Waals surface area contributed by atoms with Crippen molar-refractivity contribution < 1.29 is 14.7 Å². The van der Waals surface area contributed by atoms with Gasteiger partial charge >= 0.3 is 5.97 Å². The van der Waals surface area contributed by atoms with E-state index in [1.807, 2.05) is 6.07 Å². The zero-order chi connectivity index (χ0) is 12.4. The highest BCUT2D eigenvalue weighted by Crippen LogP contribution is 2.29. The minimum absolute atomic E-state index is 0.124. The predicted molar refractivity (Wildman–Crippen MR) is 68.0 cm³/mol. The Hall–Kier alpha value is -1.59. The van der Waals surface area contributed by atoms with E-state index < -0.39 is 5.97 Å². The molecule has 1 heterocycles. The molecule has 0 aliphatic rings. The van der Waals surface area contributed by atoms with E-state index in [1.54, 1.807) is 17.5 Å². The van der Waals surface area contributed by atoms with E-state index in [0.29, 0.717) is 10.6 Å². The number of halogens is 1. The summed E-state index contributed by atoms with van der Waals surface area (Å²) in [6.45, 7) is 0. The second kappa shape index (κ2) is 4.73. The van der Waals surface area contributed by atoms with Gasteiger partial charge in [-0.25, -0.2) is 4.79 Å². The normalized spacial score (nSPS) is 11.8. The number of carboxylic acids is 1. The summed E-state index contributed by atoms with van der Waals surface area (Å²) in [5, 5.41) is 15.6. The van der Waals surface area contributed by atoms with E-state index in [9.17, 15) is 4.79 Å². The molecule has 1 aromatic carbocycles. The van der Waals surface area contributed by atoms with E-state index in [1.165, 1.54) is 18.4 Å². The molecule has 2 rings (SSSR count). The highest BCUT2D eigenvalue weighted by molar-refractivity contribution is 7.17. The van der Waals surface area contributed by atoms with Crippen molar-refractivity contribution in [1.82, 2.24) is 0 Å². The van der Waals surface area contributed by atoms with Crippen molar-refractivity contribution in [2.75, 3.05) is 7.11 Å². The lowest BCUT2D eigenvalue weighted by Gasteiger charge is -1.99. The van der Waals surface area contributed by atoms with Crippen molar-refractivity contribution in [3.8, 4) is 0 Å². The molecule has 17 heavy (non-hydrogen) atoms. The van der Waals surface area contributed by atoms with Crippen molar-refractivity contribution in [2.45, 2.75) is 0 Å². The van der Waals surface area contributed by atoms with E-state index in [0.717, 1.165) is 10.1 Å². The molecule has 88 valence electrons. The molecule has 0 amide bonds. The third kappa shape index (κ3) is 2.25. The molecule has 0 saturated heterocycles. The minimum atomic E-state index is -1.13. The van der Waals surface area contributed by atoms with Crippen LogP contribution in [0.15, 0.2) is 28.7 Å². The third-order valence-corrected chi connectivity index (χ3v) is 3.37. The summed E-state index contributed by atoms with van der Waals surface area (Å²) in [5.41, 5.74) is 0.392. The quantitative estimate of drug-likeness (QED) is 0.688. The van der Waals surface area contributed by atoms with Gasteiger partial charge in [-0.05, 0) is 18.2 Å². The summed E-state index contributed by atoms with van der Waals surface area (Å²) in [7, 11) is 1.31. The summed E-state index contributed by atoms with van der Waals surface area (Å²) < 4.78 is 0.953. The number of carboxylic acid groups (broad SMARTS) is 1. The number of thiophene rings is 1. The molecule has 0 atom stereocenters. The fourth-order valence-electron chi connectivity index (χ4n) is 1.48. The predicted octanol–water partition coefficient (Wildman–Crippen LogP) is 2.99. The highest BCUT2D eigenvalue weighted by atomic mass is 35.5. The van der Waals surface area contributed by atoms with Gasteiger partial charge < -0.3 is 9.94 Å². The Morgan fingerprint density at radius 2 is 2.29 bits per heavy atom. The van der Waals surface area contributed by atoms with Crippen LogP contribution in [-0.2, 0) is 9.63 Å². The van der Waals surface area contributed by atoms with Crippen molar-refractivity contribution in [1.29, 1.82) is 0 Å². The van der Waals surface area contributed by atoms with Crippen LogP contribution in [-0.4, -0.2) is 23.9 Å². The van der Waals surface area contributed by atoms with E-state index in [-0.39, 0.29) is 5.71 Å². The lowest BCUT2D eigenvalue weighted by atomic mass is 10.1. The summed E-state index contributed by atoms with van der Waals surface area (Å²) in [6, 6.07) is 5.33. The molecule has 6 heteroatoms. The first-order valence-corrected chi connectivity index (χ1v) is 5.91. The van der Waals surface area contributed by atoms with E-state index in [2.05, 4.69) is 9.99 Å². The highest BCUT2D eigenvalue weighted by Gasteiger charge is 2.18. The molecular formula is C11H8ClNO3S. The zero-order valence-electron chi connectivity index (χ0n) is 8.81.